The van der Waals surface area contributed by atoms with Crippen molar-refractivity contribution >= 4 is 23.4 Å². The van der Waals surface area contributed by atoms with Crippen LogP contribution in [0.15, 0.2) is 48.5 Å². The molecule has 6 heteroatoms. The molecular formula is C22H23N3O3. The van der Waals surface area contributed by atoms with Crippen LogP contribution in [0, 0.1) is 0 Å². The molecule has 2 aliphatic rings. The van der Waals surface area contributed by atoms with Gasteiger partial charge in [0.2, 0.25) is 11.8 Å². The maximum Gasteiger partial charge on any atom is 0.253 e. The van der Waals surface area contributed by atoms with Crippen LogP contribution in [0.1, 0.15) is 45.5 Å². The summed E-state index contributed by atoms with van der Waals surface area (Å²) < 4.78 is 0. The molecule has 0 aliphatic carbocycles. The molecule has 1 saturated heterocycles. The minimum absolute atomic E-state index is 0.105. The predicted octanol–water partition coefficient (Wildman–Crippen LogP) is 2.37. The molecule has 6 nitrogen and oxygen atoms in total. The van der Waals surface area contributed by atoms with Crippen LogP contribution in [0.3, 0.4) is 0 Å². The average Bonchev–Trinajstić information content (AvgIpc) is 2.73. The highest BCUT2D eigenvalue weighted by Crippen LogP contribution is 2.32. The Labute approximate surface area is 163 Å². The zero-order valence-electron chi connectivity index (χ0n) is 15.6. The molecule has 0 radical (unpaired) electrons. The van der Waals surface area contributed by atoms with Crippen molar-refractivity contribution in [2.45, 2.75) is 31.7 Å². The molecule has 144 valence electrons. The van der Waals surface area contributed by atoms with Gasteiger partial charge in [-0.15, -0.1) is 0 Å². The van der Waals surface area contributed by atoms with Gasteiger partial charge in [-0.25, -0.2) is 0 Å². The highest BCUT2D eigenvalue weighted by molar-refractivity contribution is 5.99. The molecule has 0 saturated carbocycles. The fourth-order valence-corrected chi connectivity index (χ4v) is 4.17. The van der Waals surface area contributed by atoms with Gasteiger partial charge in [-0.3, -0.25) is 14.4 Å². The van der Waals surface area contributed by atoms with E-state index < -0.39 is 5.91 Å². The van der Waals surface area contributed by atoms with Gasteiger partial charge in [0, 0.05) is 42.4 Å². The molecular weight excluding hydrogens is 354 g/mol. The first-order valence-electron chi connectivity index (χ1n) is 9.63. The van der Waals surface area contributed by atoms with Gasteiger partial charge in [-0.1, -0.05) is 24.3 Å². The van der Waals surface area contributed by atoms with Gasteiger partial charge >= 0.3 is 0 Å². The van der Waals surface area contributed by atoms with E-state index >= 15 is 0 Å². The summed E-state index contributed by atoms with van der Waals surface area (Å²) in [5, 5.41) is 0. The molecule has 0 atom stereocenters. The highest BCUT2D eigenvalue weighted by atomic mass is 16.2. The monoisotopic (exact) mass is 377 g/mol. The van der Waals surface area contributed by atoms with Gasteiger partial charge in [-0.2, -0.15) is 0 Å². The van der Waals surface area contributed by atoms with Crippen molar-refractivity contribution in [1.82, 2.24) is 4.90 Å². The minimum atomic E-state index is -0.546. The van der Waals surface area contributed by atoms with Gasteiger partial charge in [0.05, 0.1) is 0 Å². The largest absolute Gasteiger partial charge is 0.366 e. The Balaban J connectivity index is 1.47. The van der Waals surface area contributed by atoms with E-state index in [2.05, 4.69) is 6.07 Å². The zero-order valence-corrected chi connectivity index (χ0v) is 15.6. The number of nitrogens with two attached hydrogens (primary N) is 1. The molecule has 3 amide bonds. The number of hydrogen-bond acceptors (Lipinski definition) is 3. The lowest BCUT2D eigenvalue weighted by Crippen LogP contribution is -2.50. The lowest BCUT2D eigenvalue weighted by molar-refractivity contribution is -0.119. The Morgan fingerprint density at radius 2 is 1.64 bits per heavy atom. The molecule has 0 spiro atoms. The lowest BCUT2D eigenvalue weighted by Gasteiger charge is -2.41. The van der Waals surface area contributed by atoms with Gasteiger partial charge in [0.15, 0.2) is 0 Å². The summed E-state index contributed by atoms with van der Waals surface area (Å²) in [5.41, 5.74) is 8.33. The molecule has 2 aromatic rings. The van der Waals surface area contributed by atoms with Crippen LogP contribution < -0.4 is 10.6 Å². The standard InChI is InChI=1S/C22H23N3O3/c23-21(27)16-5-3-6-17(14-16)22(28)24-12-10-18(11-13-24)25-19-7-2-1-4-15(19)8-9-20(25)26/h1-7,14,18H,8-13H2,(H2,23,27). The number of amides is 3. The van der Waals surface area contributed by atoms with E-state index in [1.807, 2.05) is 23.1 Å². The number of piperidine rings is 1. The molecule has 1 fully saturated rings. The number of carbonyl (C=O) groups is 3. The van der Waals surface area contributed by atoms with Gasteiger partial charge in [-0.05, 0) is 49.1 Å². The number of hydrogen-bond donors (Lipinski definition) is 1. The normalized spacial score (nSPS) is 17.4. The van der Waals surface area contributed by atoms with Crippen LogP contribution in [-0.2, 0) is 11.2 Å². The van der Waals surface area contributed by atoms with E-state index in [0.29, 0.717) is 30.6 Å². The summed E-state index contributed by atoms with van der Waals surface area (Å²) >= 11 is 0. The van der Waals surface area contributed by atoms with E-state index in [1.54, 1.807) is 29.2 Å². The molecule has 28 heavy (non-hydrogen) atoms. The summed E-state index contributed by atoms with van der Waals surface area (Å²) in [5.74, 6) is -0.486. The van der Waals surface area contributed by atoms with Gasteiger partial charge in [0.1, 0.15) is 0 Å². The fraction of sp³-hybridized carbons (Fsp3) is 0.318. The summed E-state index contributed by atoms with van der Waals surface area (Å²) in [6.07, 6.45) is 2.80. The third kappa shape index (κ3) is 3.38. The first-order chi connectivity index (χ1) is 13.5. The first-order valence-corrected chi connectivity index (χ1v) is 9.63. The third-order valence-electron chi connectivity index (χ3n) is 5.64. The third-order valence-corrected chi connectivity index (χ3v) is 5.64. The number of fused-ring (bicyclic) bond motifs is 1. The number of rotatable bonds is 3. The van der Waals surface area contributed by atoms with Crippen molar-refractivity contribution in [3.63, 3.8) is 0 Å². The number of benzene rings is 2. The lowest BCUT2D eigenvalue weighted by atomic mass is 9.95. The van der Waals surface area contributed by atoms with Crippen LogP contribution in [-0.4, -0.2) is 41.8 Å². The quantitative estimate of drug-likeness (QED) is 0.891. The second-order valence-electron chi connectivity index (χ2n) is 7.36. The van der Waals surface area contributed by atoms with Crippen LogP contribution in [0.25, 0.3) is 0 Å². The topological polar surface area (TPSA) is 83.7 Å². The maximum atomic E-state index is 12.8. The molecule has 2 aromatic carbocycles. The van der Waals surface area contributed by atoms with Crippen molar-refractivity contribution in [2.75, 3.05) is 18.0 Å². The number of nitrogens with zero attached hydrogens (tertiary/aromatic N) is 2. The van der Waals surface area contributed by atoms with Crippen molar-refractivity contribution in [3.05, 3.63) is 65.2 Å². The van der Waals surface area contributed by atoms with Crippen LogP contribution >= 0.6 is 0 Å². The molecule has 0 aromatic heterocycles. The first kappa shape index (κ1) is 18.2. The van der Waals surface area contributed by atoms with Crippen LogP contribution in [0.5, 0.6) is 0 Å². The zero-order chi connectivity index (χ0) is 19.7. The number of carbonyl (C=O) groups excluding carboxylic acids is 3. The Morgan fingerprint density at radius 1 is 0.929 bits per heavy atom. The Bertz CT molecular complexity index is 932. The average molecular weight is 377 g/mol. The SMILES string of the molecule is NC(=O)c1cccc(C(=O)N2CCC(N3C(=O)CCc4ccccc43)CC2)c1. The summed E-state index contributed by atoms with van der Waals surface area (Å²) in [4.78, 5) is 40.5. The molecule has 0 unspecified atom stereocenters. The second kappa shape index (κ2) is 7.46. The Hall–Kier alpha value is -3.15. The minimum Gasteiger partial charge on any atom is -0.366 e. The predicted molar refractivity (Wildman–Crippen MR) is 106 cm³/mol. The van der Waals surface area contributed by atoms with E-state index in [0.717, 1.165) is 24.9 Å². The maximum absolute atomic E-state index is 12.8. The number of anilines is 1. The molecule has 0 bridgehead atoms. The molecule has 2 aliphatic heterocycles. The van der Waals surface area contributed by atoms with Crippen molar-refractivity contribution in [3.8, 4) is 0 Å². The molecule has 4 rings (SSSR count). The smallest absolute Gasteiger partial charge is 0.253 e. The van der Waals surface area contributed by atoms with E-state index in [4.69, 9.17) is 5.73 Å². The summed E-state index contributed by atoms with van der Waals surface area (Å²) in [6.45, 7) is 1.16. The van der Waals surface area contributed by atoms with Crippen molar-refractivity contribution < 1.29 is 14.4 Å². The Kier molecular flexibility index (Phi) is 4.86. The number of aryl methyl sites for hydroxylation is 1. The van der Waals surface area contributed by atoms with E-state index in [1.165, 1.54) is 5.56 Å². The summed E-state index contributed by atoms with van der Waals surface area (Å²) in [6, 6.07) is 14.7. The van der Waals surface area contributed by atoms with Crippen molar-refractivity contribution in [1.29, 1.82) is 0 Å². The van der Waals surface area contributed by atoms with E-state index in [9.17, 15) is 14.4 Å². The fourth-order valence-electron chi connectivity index (χ4n) is 4.17. The molecule has 2 heterocycles. The van der Waals surface area contributed by atoms with Gasteiger partial charge < -0.3 is 15.5 Å². The van der Waals surface area contributed by atoms with E-state index in [-0.39, 0.29) is 17.9 Å². The van der Waals surface area contributed by atoms with Gasteiger partial charge in [0.25, 0.3) is 5.91 Å². The molecule has 2 N–H and O–H groups in total. The number of likely N-dealkylation sites (tertiary alicyclic amines) is 1. The second-order valence-corrected chi connectivity index (χ2v) is 7.36. The van der Waals surface area contributed by atoms with Crippen LogP contribution in [0.2, 0.25) is 0 Å². The Morgan fingerprint density at radius 3 is 2.39 bits per heavy atom. The number of primary amides is 1. The van der Waals surface area contributed by atoms with Crippen LogP contribution in [0.4, 0.5) is 5.69 Å². The number of para-hydroxylation sites is 1. The highest BCUT2D eigenvalue weighted by Gasteiger charge is 2.33. The van der Waals surface area contributed by atoms with Crippen molar-refractivity contribution in [2.24, 2.45) is 5.73 Å². The summed E-state index contributed by atoms with van der Waals surface area (Å²) in [7, 11) is 0.